The summed E-state index contributed by atoms with van der Waals surface area (Å²) in [5, 5.41) is 0. The third-order valence-electron chi connectivity index (χ3n) is 5.39. The molecule has 4 aromatic rings. The Kier molecular flexibility index (Phi) is 3.86. The van der Waals surface area contributed by atoms with Crippen LogP contribution >= 0.6 is 0 Å². The lowest BCUT2D eigenvalue weighted by atomic mass is 9.90. The van der Waals surface area contributed by atoms with Crippen molar-refractivity contribution in [1.82, 2.24) is 14.5 Å². The molecule has 3 heteroatoms. The molecule has 0 saturated carbocycles. The summed E-state index contributed by atoms with van der Waals surface area (Å²) in [5.41, 5.74) is 10.2. The van der Waals surface area contributed by atoms with Crippen molar-refractivity contribution in [1.29, 1.82) is 0 Å². The second-order valence-electron chi connectivity index (χ2n) is 7.25. The normalized spacial score (nSPS) is 12.5. The summed E-state index contributed by atoms with van der Waals surface area (Å²) in [5.74, 6) is 0. The maximum Gasteiger partial charge on any atom is 0.116 e. The standard InChI is InChI=1S/C24H21N3/c1-17-7-9-18(10-8-17)14-27-15-22-21(24(27)19-5-3-2-4-6-19)12-11-20-13-25-16-26-23(20)22/h2-10,13,15-16H,11-12,14H2,1H3. The predicted octanol–water partition coefficient (Wildman–Crippen LogP) is 5.07. The molecule has 2 aromatic carbocycles. The summed E-state index contributed by atoms with van der Waals surface area (Å²) < 4.78 is 2.39. The van der Waals surface area contributed by atoms with E-state index in [-0.39, 0.29) is 0 Å². The average Bonchev–Trinajstić information content (AvgIpc) is 3.09. The van der Waals surface area contributed by atoms with Gasteiger partial charge >= 0.3 is 0 Å². The molecule has 0 atom stereocenters. The zero-order valence-corrected chi connectivity index (χ0v) is 15.4. The summed E-state index contributed by atoms with van der Waals surface area (Å²) in [6.45, 7) is 2.99. The Hall–Kier alpha value is -3.20. The molecule has 0 saturated heterocycles. The number of aromatic nitrogens is 3. The average molecular weight is 351 g/mol. The lowest BCUT2D eigenvalue weighted by Gasteiger charge is -2.16. The van der Waals surface area contributed by atoms with E-state index in [1.165, 1.54) is 39.1 Å². The van der Waals surface area contributed by atoms with Crippen LogP contribution in [0, 0.1) is 6.92 Å². The molecule has 2 heterocycles. The first kappa shape index (κ1) is 16.0. The van der Waals surface area contributed by atoms with Gasteiger partial charge < -0.3 is 4.57 Å². The number of hydrogen-bond acceptors (Lipinski definition) is 2. The smallest absolute Gasteiger partial charge is 0.116 e. The highest BCUT2D eigenvalue weighted by Gasteiger charge is 2.24. The highest BCUT2D eigenvalue weighted by Crippen LogP contribution is 2.39. The fraction of sp³-hybridized carbons (Fsp3) is 0.167. The molecule has 0 N–H and O–H groups in total. The van der Waals surface area contributed by atoms with Crippen molar-refractivity contribution < 1.29 is 0 Å². The van der Waals surface area contributed by atoms with E-state index < -0.39 is 0 Å². The Morgan fingerprint density at radius 1 is 0.963 bits per heavy atom. The van der Waals surface area contributed by atoms with Gasteiger partial charge in [-0.05, 0) is 42.0 Å². The van der Waals surface area contributed by atoms with Crippen molar-refractivity contribution in [3.63, 3.8) is 0 Å². The Morgan fingerprint density at radius 2 is 1.78 bits per heavy atom. The summed E-state index contributed by atoms with van der Waals surface area (Å²) in [6, 6.07) is 19.5. The van der Waals surface area contributed by atoms with Gasteiger partial charge in [0.05, 0.1) is 11.4 Å². The minimum atomic E-state index is 0.859. The molecule has 27 heavy (non-hydrogen) atoms. The van der Waals surface area contributed by atoms with Crippen LogP contribution in [0.15, 0.2) is 73.3 Å². The minimum absolute atomic E-state index is 0.859. The van der Waals surface area contributed by atoms with Gasteiger partial charge in [0, 0.05) is 24.5 Å². The van der Waals surface area contributed by atoms with Gasteiger partial charge in [0.25, 0.3) is 0 Å². The topological polar surface area (TPSA) is 30.7 Å². The number of rotatable bonds is 3. The summed E-state index contributed by atoms with van der Waals surface area (Å²) in [7, 11) is 0. The van der Waals surface area contributed by atoms with E-state index in [9.17, 15) is 0 Å². The van der Waals surface area contributed by atoms with Gasteiger partial charge in [-0.15, -0.1) is 0 Å². The second-order valence-corrected chi connectivity index (χ2v) is 7.25. The lowest BCUT2D eigenvalue weighted by Crippen LogP contribution is -2.05. The zero-order chi connectivity index (χ0) is 18.2. The molecule has 1 aliphatic rings. The number of hydrogen-bond donors (Lipinski definition) is 0. The number of aryl methyl sites for hydroxylation is 2. The maximum atomic E-state index is 4.60. The molecular weight excluding hydrogens is 330 g/mol. The van der Waals surface area contributed by atoms with Crippen molar-refractivity contribution >= 4 is 0 Å². The van der Waals surface area contributed by atoms with E-state index in [0.29, 0.717) is 0 Å². The number of benzene rings is 2. The molecular formula is C24H21N3. The van der Waals surface area contributed by atoms with Crippen LogP contribution in [0.25, 0.3) is 22.5 Å². The molecule has 0 radical (unpaired) electrons. The minimum Gasteiger partial charge on any atom is -0.342 e. The Labute approximate surface area is 159 Å². The van der Waals surface area contributed by atoms with Crippen LogP contribution in [0.4, 0.5) is 0 Å². The van der Waals surface area contributed by atoms with E-state index in [0.717, 1.165) is 25.1 Å². The van der Waals surface area contributed by atoms with Crippen LogP contribution in [-0.2, 0) is 19.4 Å². The highest BCUT2D eigenvalue weighted by molar-refractivity contribution is 5.79. The van der Waals surface area contributed by atoms with Crippen LogP contribution in [-0.4, -0.2) is 14.5 Å². The van der Waals surface area contributed by atoms with E-state index in [2.05, 4.69) is 82.3 Å². The first-order valence-corrected chi connectivity index (χ1v) is 9.42. The third kappa shape index (κ3) is 2.85. The maximum absolute atomic E-state index is 4.60. The van der Waals surface area contributed by atoms with Gasteiger partial charge in [-0.25, -0.2) is 9.97 Å². The molecule has 5 rings (SSSR count). The number of nitrogens with zero attached hydrogens (tertiary/aromatic N) is 3. The SMILES string of the molecule is Cc1ccc(Cn2cc3c(c2-c2ccccc2)CCc2cncnc2-3)cc1. The van der Waals surface area contributed by atoms with Crippen molar-refractivity contribution in [3.05, 3.63) is 95.6 Å². The lowest BCUT2D eigenvalue weighted by molar-refractivity contribution is 0.809. The highest BCUT2D eigenvalue weighted by atomic mass is 15.0. The van der Waals surface area contributed by atoms with Gasteiger partial charge in [-0.2, -0.15) is 0 Å². The van der Waals surface area contributed by atoms with Crippen molar-refractivity contribution in [2.45, 2.75) is 26.3 Å². The Bertz CT molecular complexity index is 1090. The van der Waals surface area contributed by atoms with Crippen molar-refractivity contribution in [3.8, 4) is 22.5 Å². The Morgan fingerprint density at radius 3 is 2.59 bits per heavy atom. The van der Waals surface area contributed by atoms with Crippen LogP contribution in [0.5, 0.6) is 0 Å². The van der Waals surface area contributed by atoms with E-state index >= 15 is 0 Å². The molecule has 0 bridgehead atoms. The van der Waals surface area contributed by atoms with Crippen LogP contribution < -0.4 is 0 Å². The van der Waals surface area contributed by atoms with Gasteiger partial charge in [-0.1, -0.05) is 60.2 Å². The van der Waals surface area contributed by atoms with Crippen molar-refractivity contribution in [2.24, 2.45) is 0 Å². The second kappa shape index (κ2) is 6.51. The largest absolute Gasteiger partial charge is 0.342 e. The van der Waals surface area contributed by atoms with Crippen LogP contribution in [0.2, 0.25) is 0 Å². The molecule has 2 aromatic heterocycles. The van der Waals surface area contributed by atoms with E-state index in [1.807, 2.05) is 6.20 Å². The fourth-order valence-electron chi connectivity index (χ4n) is 4.05. The fourth-order valence-corrected chi connectivity index (χ4v) is 4.05. The summed E-state index contributed by atoms with van der Waals surface area (Å²) in [6.07, 6.45) is 7.93. The molecule has 1 aliphatic carbocycles. The van der Waals surface area contributed by atoms with Gasteiger partial charge in [0.15, 0.2) is 0 Å². The van der Waals surface area contributed by atoms with Crippen LogP contribution in [0.1, 0.15) is 22.3 Å². The predicted molar refractivity (Wildman–Crippen MR) is 109 cm³/mol. The summed E-state index contributed by atoms with van der Waals surface area (Å²) in [4.78, 5) is 8.82. The third-order valence-corrected chi connectivity index (χ3v) is 5.39. The monoisotopic (exact) mass is 351 g/mol. The van der Waals surface area contributed by atoms with E-state index in [1.54, 1.807) is 6.33 Å². The van der Waals surface area contributed by atoms with Gasteiger partial charge in [0.2, 0.25) is 0 Å². The van der Waals surface area contributed by atoms with Crippen LogP contribution in [0.3, 0.4) is 0 Å². The Balaban J connectivity index is 1.68. The quantitative estimate of drug-likeness (QED) is 0.516. The van der Waals surface area contributed by atoms with E-state index in [4.69, 9.17) is 0 Å². The molecule has 132 valence electrons. The zero-order valence-electron chi connectivity index (χ0n) is 15.4. The molecule has 0 spiro atoms. The molecule has 0 amide bonds. The molecule has 0 unspecified atom stereocenters. The molecule has 0 aliphatic heterocycles. The first-order chi connectivity index (χ1) is 13.3. The van der Waals surface area contributed by atoms with Gasteiger partial charge in [0.1, 0.15) is 6.33 Å². The molecule has 0 fully saturated rings. The first-order valence-electron chi connectivity index (χ1n) is 9.42. The van der Waals surface area contributed by atoms with Gasteiger partial charge in [-0.3, -0.25) is 0 Å². The van der Waals surface area contributed by atoms with Crippen molar-refractivity contribution in [2.75, 3.05) is 0 Å². The number of fused-ring (bicyclic) bond motifs is 3. The summed E-state index contributed by atoms with van der Waals surface area (Å²) >= 11 is 0. The molecule has 3 nitrogen and oxygen atoms in total.